The summed E-state index contributed by atoms with van der Waals surface area (Å²) in [6.45, 7) is 0.889. The van der Waals surface area contributed by atoms with E-state index in [0.717, 1.165) is 21.2 Å². The third-order valence-corrected chi connectivity index (χ3v) is 5.32. The molecule has 6 heteroatoms. The maximum absolute atomic E-state index is 12.7. The lowest BCUT2D eigenvalue weighted by Gasteiger charge is -2.34. The summed E-state index contributed by atoms with van der Waals surface area (Å²) in [6.07, 6.45) is -0.545. The number of aliphatic hydroxyl groups is 1. The second kappa shape index (κ2) is 6.38. The highest BCUT2D eigenvalue weighted by molar-refractivity contribution is 7.85. The molecule has 2 aromatic rings. The van der Waals surface area contributed by atoms with E-state index in [1.54, 1.807) is 25.2 Å². The van der Waals surface area contributed by atoms with Crippen LogP contribution in [0.25, 0.3) is 0 Å². The second-order valence-corrected chi connectivity index (χ2v) is 7.02. The Labute approximate surface area is 137 Å². The Balaban J connectivity index is 2.10. The summed E-state index contributed by atoms with van der Waals surface area (Å²) in [4.78, 5) is 3.47. The summed E-state index contributed by atoms with van der Waals surface area (Å²) < 4.78 is 12.7. The van der Waals surface area contributed by atoms with E-state index in [4.69, 9.17) is 11.6 Å². The molecule has 116 valence electrons. The SMILES string of the molecule is CNCC(O)CN1c2ccccc2S(=O)c2ccc(Cl)cc21. The summed E-state index contributed by atoms with van der Waals surface area (Å²) in [5.74, 6) is 0. The van der Waals surface area contributed by atoms with Gasteiger partial charge in [0.2, 0.25) is 0 Å². The summed E-state index contributed by atoms with van der Waals surface area (Å²) in [7, 11) is 0.564. The van der Waals surface area contributed by atoms with Gasteiger partial charge in [-0.3, -0.25) is 0 Å². The van der Waals surface area contributed by atoms with Crippen molar-refractivity contribution in [3.8, 4) is 0 Å². The number of rotatable bonds is 4. The fourth-order valence-corrected chi connectivity index (χ4v) is 4.18. The van der Waals surface area contributed by atoms with Crippen LogP contribution in [-0.4, -0.2) is 35.6 Å². The maximum atomic E-state index is 12.7. The lowest BCUT2D eigenvalue weighted by molar-refractivity contribution is 0.182. The standard InChI is InChI=1S/C16H17ClN2O2S/c1-18-9-12(20)10-19-13-4-2-3-5-15(13)22(21)16-7-6-11(17)8-14(16)19/h2-8,12,18,20H,9-10H2,1H3. The predicted molar refractivity (Wildman–Crippen MR) is 89.5 cm³/mol. The molecule has 0 spiro atoms. The molecular formula is C16H17ClN2O2S. The number of para-hydroxylation sites is 1. The molecule has 1 aliphatic rings. The molecule has 3 rings (SSSR count). The zero-order chi connectivity index (χ0) is 15.7. The summed E-state index contributed by atoms with van der Waals surface area (Å²) in [5, 5.41) is 13.7. The first-order chi connectivity index (χ1) is 10.6. The molecule has 0 fully saturated rings. The van der Waals surface area contributed by atoms with Crippen molar-refractivity contribution < 1.29 is 9.32 Å². The largest absolute Gasteiger partial charge is 0.390 e. The maximum Gasteiger partial charge on any atom is 0.0892 e. The first kappa shape index (κ1) is 15.5. The van der Waals surface area contributed by atoms with Gasteiger partial charge in [0.25, 0.3) is 0 Å². The van der Waals surface area contributed by atoms with Gasteiger partial charge in [-0.2, -0.15) is 0 Å². The van der Waals surface area contributed by atoms with Gasteiger partial charge in [0, 0.05) is 11.6 Å². The van der Waals surface area contributed by atoms with Gasteiger partial charge in [-0.25, -0.2) is 4.21 Å². The zero-order valence-corrected chi connectivity index (χ0v) is 13.7. The summed E-state index contributed by atoms with van der Waals surface area (Å²) >= 11 is 6.11. The molecular weight excluding hydrogens is 320 g/mol. The van der Waals surface area contributed by atoms with Crippen molar-refractivity contribution in [2.75, 3.05) is 25.0 Å². The minimum Gasteiger partial charge on any atom is -0.390 e. The zero-order valence-electron chi connectivity index (χ0n) is 12.1. The third kappa shape index (κ3) is 2.77. The van der Waals surface area contributed by atoms with Crippen molar-refractivity contribution in [1.29, 1.82) is 0 Å². The normalized spacial score (nSPS) is 17.8. The highest BCUT2D eigenvalue weighted by Gasteiger charge is 2.29. The predicted octanol–water partition coefficient (Wildman–Crippen LogP) is 2.54. The lowest BCUT2D eigenvalue weighted by Crippen LogP contribution is -2.37. The van der Waals surface area contributed by atoms with Crippen LogP contribution in [0.2, 0.25) is 5.02 Å². The van der Waals surface area contributed by atoms with E-state index < -0.39 is 16.9 Å². The Morgan fingerprint density at radius 3 is 2.73 bits per heavy atom. The van der Waals surface area contributed by atoms with Crippen LogP contribution >= 0.6 is 11.6 Å². The van der Waals surface area contributed by atoms with Crippen LogP contribution in [0.5, 0.6) is 0 Å². The molecule has 0 bridgehead atoms. The van der Waals surface area contributed by atoms with Crippen LogP contribution < -0.4 is 10.2 Å². The minimum absolute atomic E-state index is 0.405. The van der Waals surface area contributed by atoms with E-state index in [1.165, 1.54) is 0 Å². The first-order valence-electron chi connectivity index (χ1n) is 7.02. The molecule has 0 amide bonds. The van der Waals surface area contributed by atoms with Crippen molar-refractivity contribution in [3.63, 3.8) is 0 Å². The van der Waals surface area contributed by atoms with Crippen molar-refractivity contribution in [1.82, 2.24) is 5.32 Å². The number of likely N-dealkylation sites (N-methyl/N-ethyl adjacent to an activating group) is 1. The quantitative estimate of drug-likeness (QED) is 0.901. The number of benzene rings is 2. The Hall–Kier alpha value is -1.40. The number of hydrogen-bond acceptors (Lipinski definition) is 4. The summed E-state index contributed by atoms with van der Waals surface area (Å²) in [5.41, 5.74) is 1.64. The molecule has 4 nitrogen and oxygen atoms in total. The molecule has 2 aromatic carbocycles. The Bertz CT molecular complexity index is 723. The van der Waals surface area contributed by atoms with Crippen LogP contribution in [0.1, 0.15) is 0 Å². The van der Waals surface area contributed by atoms with Gasteiger partial charge in [-0.15, -0.1) is 0 Å². The third-order valence-electron chi connectivity index (χ3n) is 3.60. The fraction of sp³-hybridized carbons (Fsp3) is 0.250. The highest BCUT2D eigenvalue weighted by atomic mass is 35.5. The molecule has 0 aromatic heterocycles. The molecule has 0 radical (unpaired) electrons. The smallest absolute Gasteiger partial charge is 0.0892 e. The highest BCUT2D eigenvalue weighted by Crippen LogP contribution is 2.42. The van der Waals surface area contributed by atoms with Gasteiger partial charge in [0.05, 0.1) is 44.6 Å². The average molecular weight is 337 g/mol. The molecule has 0 aliphatic carbocycles. The topological polar surface area (TPSA) is 52.6 Å². The van der Waals surface area contributed by atoms with Gasteiger partial charge >= 0.3 is 0 Å². The number of aliphatic hydroxyl groups excluding tert-OH is 1. The second-order valence-electron chi connectivity index (χ2n) is 5.17. The molecule has 2 atom stereocenters. The number of fused-ring (bicyclic) bond motifs is 2. The van der Waals surface area contributed by atoms with Gasteiger partial charge in [-0.05, 0) is 37.4 Å². The van der Waals surface area contributed by atoms with E-state index in [2.05, 4.69) is 5.32 Å². The van der Waals surface area contributed by atoms with Gasteiger partial charge < -0.3 is 15.3 Å². The Morgan fingerprint density at radius 1 is 1.23 bits per heavy atom. The fourth-order valence-electron chi connectivity index (χ4n) is 2.65. The number of β-amino-alcohol motifs (C(OH)–C–C–N with tert-alkyl or cyclic N) is 1. The number of anilines is 2. The molecule has 2 N–H and O–H groups in total. The van der Waals surface area contributed by atoms with Gasteiger partial charge in [0.1, 0.15) is 0 Å². The summed E-state index contributed by atoms with van der Waals surface area (Å²) in [6, 6.07) is 12.9. The lowest BCUT2D eigenvalue weighted by atomic mass is 10.2. The van der Waals surface area contributed by atoms with Crippen molar-refractivity contribution >= 4 is 33.8 Å². The number of nitrogens with zero attached hydrogens (tertiary/aromatic N) is 1. The van der Waals surface area contributed by atoms with Crippen LogP contribution in [0, 0.1) is 0 Å². The van der Waals surface area contributed by atoms with Crippen LogP contribution in [0.15, 0.2) is 52.3 Å². The van der Waals surface area contributed by atoms with Gasteiger partial charge in [-0.1, -0.05) is 23.7 Å². The molecule has 1 aliphatic heterocycles. The molecule has 2 unspecified atom stereocenters. The Kier molecular flexibility index (Phi) is 4.49. The van der Waals surface area contributed by atoms with Crippen LogP contribution in [0.3, 0.4) is 0 Å². The van der Waals surface area contributed by atoms with E-state index in [-0.39, 0.29) is 0 Å². The molecule has 0 saturated heterocycles. The van der Waals surface area contributed by atoms with Crippen LogP contribution in [-0.2, 0) is 10.8 Å². The number of nitrogens with one attached hydrogen (secondary N) is 1. The molecule has 0 saturated carbocycles. The Morgan fingerprint density at radius 2 is 1.95 bits per heavy atom. The van der Waals surface area contributed by atoms with E-state index >= 15 is 0 Å². The van der Waals surface area contributed by atoms with E-state index in [0.29, 0.717) is 18.1 Å². The van der Waals surface area contributed by atoms with E-state index in [1.807, 2.05) is 29.2 Å². The van der Waals surface area contributed by atoms with Crippen LogP contribution in [0.4, 0.5) is 11.4 Å². The van der Waals surface area contributed by atoms with E-state index in [9.17, 15) is 9.32 Å². The molecule has 22 heavy (non-hydrogen) atoms. The average Bonchev–Trinajstić information content (AvgIpc) is 2.51. The first-order valence-corrected chi connectivity index (χ1v) is 8.55. The van der Waals surface area contributed by atoms with Crippen molar-refractivity contribution in [2.24, 2.45) is 0 Å². The van der Waals surface area contributed by atoms with Gasteiger partial charge in [0.15, 0.2) is 0 Å². The molecule has 1 heterocycles. The number of halogens is 1. The number of hydrogen-bond donors (Lipinski definition) is 2. The minimum atomic E-state index is -1.24. The van der Waals surface area contributed by atoms with Crippen molar-refractivity contribution in [3.05, 3.63) is 47.5 Å². The monoisotopic (exact) mass is 336 g/mol. The van der Waals surface area contributed by atoms with Crippen molar-refractivity contribution in [2.45, 2.75) is 15.9 Å².